The number of benzene rings is 3. The number of halogens is 1. The van der Waals surface area contributed by atoms with Crippen LogP contribution in [0.2, 0.25) is 5.02 Å². The Morgan fingerprint density at radius 3 is 2.77 bits per heavy atom. The third kappa shape index (κ3) is 4.89. The topological polar surface area (TPSA) is 64.4 Å². The van der Waals surface area contributed by atoms with E-state index in [-0.39, 0.29) is 12.5 Å². The van der Waals surface area contributed by atoms with Gasteiger partial charge in [0, 0.05) is 11.3 Å². The van der Waals surface area contributed by atoms with E-state index in [9.17, 15) is 4.79 Å². The molecule has 1 atom stereocenters. The summed E-state index contributed by atoms with van der Waals surface area (Å²) in [6, 6.07) is 20.5. The van der Waals surface area contributed by atoms with Gasteiger partial charge in [-0.3, -0.25) is 4.79 Å². The second kappa shape index (κ2) is 9.23. The van der Waals surface area contributed by atoms with E-state index in [1.54, 1.807) is 30.3 Å². The Hall–Kier alpha value is -3.31. The smallest absolute Gasteiger partial charge is 0.262 e. The first-order valence-corrected chi connectivity index (χ1v) is 10.6. The van der Waals surface area contributed by atoms with E-state index < -0.39 is 0 Å². The minimum Gasteiger partial charge on any atom is -0.482 e. The molecule has 4 aromatic rings. The minimum absolute atomic E-state index is 0.144. The molecule has 0 unspecified atom stereocenters. The highest BCUT2D eigenvalue weighted by molar-refractivity contribution is 6.32. The number of nitrogens with one attached hydrogen (secondary N) is 1. The molecule has 0 spiro atoms. The van der Waals surface area contributed by atoms with Gasteiger partial charge in [-0.2, -0.15) is 0 Å². The van der Waals surface area contributed by atoms with Gasteiger partial charge in [-0.05, 0) is 60.4 Å². The summed E-state index contributed by atoms with van der Waals surface area (Å²) in [5.74, 6) is 1.17. The number of carbonyl (C=O) groups is 1. The molecule has 0 aliphatic carbocycles. The molecule has 3 aromatic carbocycles. The Morgan fingerprint density at radius 1 is 1.13 bits per heavy atom. The molecule has 31 heavy (non-hydrogen) atoms. The van der Waals surface area contributed by atoms with E-state index in [1.165, 1.54) is 5.56 Å². The van der Waals surface area contributed by atoms with Crippen molar-refractivity contribution in [2.75, 3.05) is 11.9 Å². The summed E-state index contributed by atoms with van der Waals surface area (Å²) in [5.41, 5.74) is 4.23. The quantitative estimate of drug-likeness (QED) is 0.352. The van der Waals surface area contributed by atoms with Gasteiger partial charge in [0.2, 0.25) is 5.89 Å². The fourth-order valence-electron chi connectivity index (χ4n) is 3.24. The van der Waals surface area contributed by atoms with Crippen molar-refractivity contribution in [3.8, 4) is 17.2 Å². The molecule has 0 bridgehead atoms. The summed E-state index contributed by atoms with van der Waals surface area (Å²) in [7, 11) is 0. The van der Waals surface area contributed by atoms with Gasteiger partial charge in [-0.25, -0.2) is 4.98 Å². The maximum absolute atomic E-state index is 12.3. The summed E-state index contributed by atoms with van der Waals surface area (Å²) in [6.07, 6.45) is 1.07. The van der Waals surface area contributed by atoms with Gasteiger partial charge in [-0.1, -0.05) is 49.7 Å². The fourth-order valence-corrected chi connectivity index (χ4v) is 3.43. The average molecular weight is 435 g/mol. The standard InChI is InChI=1S/C25H23ClN2O3/c1-3-16(2)17-11-12-23-21(14-17)28-25(31-23)18-7-6-8-19(13-18)27-24(29)15-30-22-10-5-4-9-20(22)26/h4-14,16H,3,15H2,1-2H3,(H,27,29)/t16-/m1/s1. The number of fused-ring (bicyclic) bond motifs is 1. The maximum Gasteiger partial charge on any atom is 0.262 e. The molecular formula is C25H23ClN2O3. The van der Waals surface area contributed by atoms with Crippen LogP contribution in [0.3, 0.4) is 0 Å². The molecule has 1 N–H and O–H groups in total. The van der Waals surface area contributed by atoms with Crippen molar-refractivity contribution < 1.29 is 13.9 Å². The van der Waals surface area contributed by atoms with Crippen LogP contribution in [0, 0.1) is 0 Å². The van der Waals surface area contributed by atoms with Gasteiger partial charge in [0.1, 0.15) is 11.3 Å². The normalized spacial score (nSPS) is 12.0. The van der Waals surface area contributed by atoms with Gasteiger partial charge < -0.3 is 14.5 Å². The minimum atomic E-state index is -0.284. The molecule has 0 saturated carbocycles. The molecular weight excluding hydrogens is 412 g/mol. The SMILES string of the molecule is CC[C@@H](C)c1ccc2oc(-c3cccc(NC(=O)COc4ccccc4Cl)c3)nc2c1. The van der Waals surface area contributed by atoms with E-state index >= 15 is 0 Å². The number of hydrogen-bond donors (Lipinski definition) is 1. The average Bonchev–Trinajstić information content (AvgIpc) is 3.22. The number of hydrogen-bond acceptors (Lipinski definition) is 4. The monoisotopic (exact) mass is 434 g/mol. The third-order valence-electron chi connectivity index (χ3n) is 5.18. The van der Waals surface area contributed by atoms with Crippen LogP contribution in [0.5, 0.6) is 5.75 Å². The zero-order valence-electron chi connectivity index (χ0n) is 17.4. The Balaban J connectivity index is 1.47. The van der Waals surface area contributed by atoms with Gasteiger partial charge >= 0.3 is 0 Å². The molecule has 0 aliphatic rings. The molecule has 158 valence electrons. The summed E-state index contributed by atoms with van der Waals surface area (Å²) in [5, 5.41) is 3.29. The summed E-state index contributed by atoms with van der Waals surface area (Å²) >= 11 is 6.05. The number of carbonyl (C=O) groups excluding carboxylic acids is 1. The zero-order chi connectivity index (χ0) is 21.8. The highest BCUT2D eigenvalue weighted by atomic mass is 35.5. The highest BCUT2D eigenvalue weighted by Gasteiger charge is 2.12. The van der Waals surface area contributed by atoms with Gasteiger partial charge in [0.15, 0.2) is 12.2 Å². The first-order valence-electron chi connectivity index (χ1n) is 10.2. The Morgan fingerprint density at radius 2 is 1.97 bits per heavy atom. The van der Waals surface area contributed by atoms with Crippen LogP contribution in [0.15, 0.2) is 71.1 Å². The molecule has 1 amide bonds. The van der Waals surface area contributed by atoms with Gasteiger partial charge in [-0.15, -0.1) is 0 Å². The number of amides is 1. The lowest BCUT2D eigenvalue weighted by Crippen LogP contribution is -2.20. The number of anilines is 1. The Kier molecular flexibility index (Phi) is 6.23. The first kappa shape index (κ1) is 20.9. The molecule has 1 heterocycles. The largest absolute Gasteiger partial charge is 0.482 e. The summed E-state index contributed by atoms with van der Waals surface area (Å²) < 4.78 is 11.4. The van der Waals surface area contributed by atoms with Crippen LogP contribution in [0.1, 0.15) is 31.7 Å². The van der Waals surface area contributed by atoms with Crippen LogP contribution >= 0.6 is 11.6 Å². The molecule has 0 fully saturated rings. The summed E-state index contributed by atoms with van der Waals surface area (Å²) in [6.45, 7) is 4.22. The predicted octanol–water partition coefficient (Wildman–Crippen LogP) is 6.68. The molecule has 5 nitrogen and oxygen atoms in total. The fraction of sp³-hybridized carbons (Fsp3) is 0.200. The number of rotatable bonds is 7. The van der Waals surface area contributed by atoms with E-state index in [0.717, 1.165) is 23.1 Å². The second-order valence-electron chi connectivity index (χ2n) is 7.40. The number of oxazole rings is 1. The van der Waals surface area contributed by atoms with E-state index in [4.69, 9.17) is 20.8 Å². The van der Waals surface area contributed by atoms with Gasteiger partial charge in [0.05, 0.1) is 5.02 Å². The van der Waals surface area contributed by atoms with Crippen molar-refractivity contribution in [1.29, 1.82) is 0 Å². The van der Waals surface area contributed by atoms with Gasteiger partial charge in [0.25, 0.3) is 5.91 Å². The number of nitrogens with zero attached hydrogens (tertiary/aromatic N) is 1. The van der Waals surface area contributed by atoms with Crippen LogP contribution < -0.4 is 10.1 Å². The molecule has 6 heteroatoms. The lowest BCUT2D eigenvalue weighted by Gasteiger charge is -2.09. The predicted molar refractivity (Wildman–Crippen MR) is 124 cm³/mol. The molecule has 1 aromatic heterocycles. The molecule has 0 radical (unpaired) electrons. The maximum atomic E-state index is 12.3. The number of aromatic nitrogens is 1. The Bertz CT molecular complexity index is 1220. The van der Waals surface area contributed by atoms with Crippen LogP contribution in [-0.4, -0.2) is 17.5 Å². The Labute approximate surface area is 186 Å². The van der Waals surface area contributed by atoms with Crippen LogP contribution in [0.4, 0.5) is 5.69 Å². The second-order valence-corrected chi connectivity index (χ2v) is 7.81. The van der Waals surface area contributed by atoms with Crippen molar-refractivity contribution in [3.05, 3.63) is 77.3 Å². The van der Waals surface area contributed by atoms with Crippen molar-refractivity contribution in [1.82, 2.24) is 4.98 Å². The highest BCUT2D eigenvalue weighted by Crippen LogP contribution is 2.29. The third-order valence-corrected chi connectivity index (χ3v) is 5.49. The molecule has 0 saturated heterocycles. The van der Waals surface area contributed by atoms with Crippen molar-refractivity contribution in [2.45, 2.75) is 26.2 Å². The van der Waals surface area contributed by atoms with Crippen LogP contribution in [-0.2, 0) is 4.79 Å². The molecule has 4 rings (SSSR count). The van der Waals surface area contributed by atoms with Crippen molar-refractivity contribution in [3.63, 3.8) is 0 Å². The number of para-hydroxylation sites is 1. The lowest BCUT2D eigenvalue weighted by atomic mass is 9.98. The number of ether oxygens (including phenoxy) is 1. The lowest BCUT2D eigenvalue weighted by molar-refractivity contribution is -0.118. The molecule has 0 aliphatic heterocycles. The van der Waals surface area contributed by atoms with E-state index in [1.807, 2.05) is 24.3 Å². The first-order chi connectivity index (χ1) is 15.0. The summed E-state index contributed by atoms with van der Waals surface area (Å²) in [4.78, 5) is 16.9. The van der Waals surface area contributed by atoms with E-state index in [0.29, 0.717) is 28.3 Å². The van der Waals surface area contributed by atoms with E-state index in [2.05, 4.69) is 36.3 Å². The van der Waals surface area contributed by atoms with Crippen LogP contribution in [0.25, 0.3) is 22.6 Å². The van der Waals surface area contributed by atoms with Crippen molar-refractivity contribution >= 4 is 34.3 Å². The van der Waals surface area contributed by atoms with Crippen molar-refractivity contribution in [2.24, 2.45) is 0 Å². The zero-order valence-corrected chi connectivity index (χ0v) is 18.1.